The van der Waals surface area contributed by atoms with Gasteiger partial charge in [-0.1, -0.05) is 48.5 Å². The summed E-state index contributed by atoms with van der Waals surface area (Å²) in [5, 5.41) is 0. The minimum Gasteiger partial charge on any atom is -0.482 e. The minimum absolute atomic E-state index is 0.242. The normalized spacial score (nSPS) is 15.1. The molecule has 1 atom stereocenters. The van der Waals surface area contributed by atoms with E-state index in [4.69, 9.17) is 14.2 Å². The number of morpholine rings is 1. The van der Waals surface area contributed by atoms with E-state index in [1.54, 1.807) is 23.1 Å². The molecule has 0 aromatic heterocycles. The molecule has 0 radical (unpaired) electrons. The van der Waals surface area contributed by atoms with Crippen molar-refractivity contribution in [3.05, 3.63) is 65.7 Å². The SMILES string of the molecule is Cc1ccccc1OCC(=O)O[C@H](C(=O)N1CCOCC1)c1ccccc1. The Bertz CT molecular complexity index is 771. The lowest BCUT2D eigenvalue weighted by Crippen LogP contribution is -2.44. The van der Waals surface area contributed by atoms with Gasteiger partial charge < -0.3 is 19.1 Å². The first kappa shape index (κ1) is 18.9. The molecule has 0 saturated carbocycles. The van der Waals surface area contributed by atoms with Crippen molar-refractivity contribution in [2.75, 3.05) is 32.9 Å². The van der Waals surface area contributed by atoms with E-state index >= 15 is 0 Å². The highest BCUT2D eigenvalue weighted by atomic mass is 16.6. The van der Waals surface area contributed by atoms with Crippen LogP contribution in [-0.4, -0.2) is 49.7 Å². The van der Waals surface area contributed by atoms with E-state index in [1.807, 2.05) is 43.3 Å². The summed E-state index contributed by atoms with van der Waals surface area (Å²) in [6.07, 6.45) is -0.989. The van der Waals surface area contributed by atoms with Crippen LogP contribution < -0.4 is 4.74 Å². The Kier molecular flexibility index (Phi) is 6.44. The van der Waals surface area contributed by atoms with E-state index in [0.29, 0.717) is 37.6 Å². The van der Waals surface area contributed by atoms with Gasteiger partial charge >= 0.3 is 5.97 Å². The molecule has 2 aromatic carbocycles. The van der Waals surface area contributed by atoms with E-state index in [-0.39, 0.29) is 12.5 Å². The van der Waals surface area contributed by atoms with Crippen LogP contribution >= 0.6 is 0 Å². The predicted molar refractivity (Wildman–Crippen MR) is 99.3 cm³/mol. The summed E-state index contributed by atoms with van der Waals surface area (Å²) < 4.78 is 16.4. The van der Waals surface area contributed by atoms with Crippen LogP contribution in [0.25, 0.3) is 0 Å². The van der Waals surface area contributed by atoms with Gasteiger partial charge in [0.2, 0.25) is 6.10 Å². The molecule has 6 heteroatoms. The molecule has 27 heavy (non-hydrogen) atoms. The number of esters is 1. The second-order valence-electron chi connectivity index (χ2n) is 6.27. The number of nitrogens with zero attached hydrogens (tertiary/aromatic N) is 1. The van der Waals surface area contributed by atoms with Crippen molar-refractivity contribution < 1.29 is 23.8 Å². The van der Waals surface area contributed by atoms with Crippen LogP contribution in [0, 0.1) is 6.92 Å². The molecular weight excluding hydrogens is 346 g/mol. The lowest BCUT2D eigenvalue weighted by Gasteiger charge is -2.30. The molecule has 3 rings (SSSR count). The monoisotopic (exact) mass is 369 g/mol. The predicted octanol–water partition coefficient (Wildman–Crippen LogP) is 2.52. The van der Waals surface area contributed by atoms with E-state index < -0.39 is 12.1 Å². The summed E-state index contributed by atoms with van der Waals surface area (Å²) in [6.45, 7) is 3.58. The molecule has 0 N–H and O–H groups in total. The summed E-state index contributed by atoms with van der Waals surface area (Å²) in [7, 11) is 0. The van der Waals surface area contributed by atoms with Crippen LogP contribution in [0.1, 0.15) is 17.2 Å². The maximum atomic E-state index is 12.9. The number of benzene rings is 2. The van der Waals surface area contributed by atoms with Crippen LogP contribution in [0.2, 0.25) is 0 Å². The maximum absolute atomic E-state index is 12.9. The van der Waals surface area contributed by atoms with Gasteiger partial charge in [-0.2, -0.15) is 0 Å². The summed E-state index contributed by atoms with van der Waals surface area (Å²) in [4.78, 5) is 26.9. The molecule has 0 aliphatic carbocycles. The molecule has 1 heterocycles. The molecule has 142 valence electrons. The third-order valence-electron chi connectivity index (χ3n) is 4.34. The van der Waals surface area contributed by atoms with Crippen molar-refractivity contribution in [1.29, 1.82) is 0 Å². The Morgan fingerprint density at radius 1 is 1.04 bits per heavy atom. The number of ether oxygens (including phenoxy) is 3. The van der Waals surface area contributed by atoms with Crippen LogP contribution in [0.15, 0.2) is 54.6 Å². The average molecular weight is 369 g/mol. The summed E-state index contributed by atoms with van der Waals surface area (Å²) in [5.74, 6) is -0.215. The van der Waals surface area contributed by atoms with Crippen molar-refractivity contribution in [2.24, 2.45) is 0 Å². The van der Waals surface area contributed by atoms with Gasteiger partial charge in [0.05, 0.1) is 13.2 Å². The van der Waals surface area contributed by atoms with Gasteiger partial charge in [-0.3, -0.25) is 4.79 Å². The van der Waals surface area contributed by atoms with Crippen LogP contribution in [0.3, 0.4) is 0 Å². The zero-order chi connectivity index (χ0) is 19.1. The third-order valence-corrected chi connectivity index (χ3v) is 4.34. The van der Waals surface area contributed by atoms with Gasteiger partial charge in [0.25, 0.3) is 5.91 Å². The summed E-state index contributed by atoms with van der Waals surface area (Å²) in [5.41, 5.74) is 1.56. The van der Waals surface area contributed by atoms with Gasteiger partial charge in [0.1, 0.15) is 5.75 Å². The van der Waals surface area contributed by atoms with Gasteiger partial charge in [-0.15, -0.1) is 0 Å². The van der Waals surface area contributed by atoms with Crippen molar-refractivity contribution in [3.8, 4) is 5.75 Å². The van der Waals surface area contributed by atoms with Crippen molar-refractivity contribution >= 4 is 11.9 Å². The Morgan fingerprint density at radius 2 is 1.70 bits per heavy atom. The molecule has 0 spiro atoms. The first-order valence-electron chi connectivity index (χ1n) is 8.94. The molecule has 2 aromatic rings. The molecule has 1 aliphatic rings. The Balaban J connectivity index is 1.68. The molecule has 0 bridgehead atoms. The van der Waals surface area contributed by atoms with Crippen molar-refractivity contribution in [2.45, 2.75) is 13.0 Å². The minimum atomic E-state index is -0.989. The van der Waals surface area contributed by atoms with Crippen molar-refractivity contribution in [3.63, 3.8) is 0 Å². The zero-order valence-corrected chi connectivity index (χ0v) is 15.3. The maximum Gasteiger partial charge on any atom is 0.345 e. The highest BCUT2D eigenvalue weighted by molar-refractivity contribution is 5.85. The lowest BCUT2D eigenvalue weighted by atomic mass is 10.1. The molecule has 6 nitrogen and oxygen atoms in total. The largest absolute Gasteiger partial charge is 0.482 e. The number of carbonyl (C=O) groups is 2. The number of para-hydroxylation sites is 1. The van der Waals surface area contributed by atoms with Crippen molar-refractivity contribution in [1.82, 2.24) is 4.90 Å². The number of rotatable bonds is 6. The van der Waals surface area contributed by atoms with Crippen LogP contribution in [-0.2, 0) is 19.1 Å². The highest BCUT2D eigenvalue weighted by Gasteiger charge is 2.30. The number of aryl methyl sites for hydroxylation is 1. The molecule has 1 saturated heterocycles. The quantitative estimate of drug-likeness (QED) is 0.732. The van der Waals surface area contributed by atoms with Crippen LogP contribution in [0.4, 0.5) is 0 Å². The summed E-state index contributed by atoms with van der Waals surface area (Å²) in [6, 6.07) is 16.4. The van der Waals surface area contributed by atoms with Gasteiger partial charge in [-0.05, 0) is 18.6 Å². The Hall–Kier alpha value is -2.86. The fourth-order valence-electron chi connectivity index (χ4n) is 2.86. The van der Waals surface area contributed by atoms with Crippen LogP contribution in [0.5, 0.6) is 5.75 Å². The fourth-order valence-corrected chi connectivity index (χ4v) is 2.86. The van der Waals surface area contributed by atoms with E-state index in [2.05, 4.69) is 0 Å². The highest BCUT2D eigenvalue weighted by Crippen LogP contribution is 2.22. The number of amides is 1. The third kappa shape index (κ3) is 5.08. The van der Waals surface area contributed by atoms with E-state index in [0.717, 1.165) is 5.56 Å². The second kappa shape index (κ2) is 9.19. The Morgan fingerprint density at radius 3 is 2.41 bits per heavy atom. The van der Waals surface area contributed by atoms with Gasteiger partial charge in [-0.25, -0.2) is 4.79 Å². The topological polar surface area (TPSA) is 65.1 Å². The number of hydrogen-bond acceptors (Lipinski definition) is 5. The van der Waals surface area contributed by atoms with Gasteiger partial charge in [0.15, 0.2) is 6.61 Å². The van der Waals surface area contributed by atoms with E-state index in [1.165, 1.54) is 0 Å². The second-order valence-corrected chi connectivity index (χ2v) is 6.27. The molecule has 1 fully saturated rings. The first-order chi connectivity index (χ1) is 13.1. The average Bonchev–Trinajstić information content (AvgIpc) is 2.72. The standard InChI is InChI=1S/C21H23NO5/c1-16-7-5-6-10-18(16)26-15-19(23)27-20(17-8-3-2-4-9-17)21(24)22-11-13-25-14-12-22/h2-10,20H,11-15H2,1H3/t20-/m0/s1. The summed E-state index contributed by atoms with van der Waals surface area (Å²) >= 11 is 0. The zero-order valence-electron chi connectivity index (χ0n) is 15.3. The molecular formula is C21H23NO5. The number of hydrogen-bond donors (Lipinski definition) is 0. The Labute approximate surface area is 158 Å². The molecule has 1 aliphatic heterocycles. The first-order valence-corrected chi connectivity index (χ1v) is 8.94. The molecule has 1 amide bonds. The number of carbonyl (C=O) groups excluding carboxylic acids is 2. The fraction of sp³-hybridized carbons (Fsp3) is 0.333. The smallest absolute Gasteiger partial charge is 0.345 e. The molecule has 0 unspecified atom stereocenters. The van der Waals surface area contributed by atoms with Gasteiger partial charge in [0, 0.05) is 18.7 Å². The lowest BCUT2D eigenvalue weighted by molar-refractivity contribution is -0.164. The van der Waals surface area contributed by atoms with E-state index in [9.17, 15) is 9.59 Å².